The Hall–Kier alpha value is -2.11. The van der Waals surface area contributed by atoms with Crippen LogP contribution in [0.15, 0.2) is 59.8 Å². The fourth-order valence-corrected chi connectivity index (χ4v) is 4.81. The lowest BCUT2D eigenvalue weighted by molar-refractivity contribution is 0.588. The number of nitrogens with zero attached hydrogens (tertiary/aromatic N) is 1. The molecule has 0 aliphatic heterocycles. The molecule has 0 aliphatic rings. The Morgan fingerprint density at radius 1 is 1.13 bits per heavy atom. The summed E-state index contributed by atoms with van der Waals surface area (Å²) < 4.78 is 0. The van der Waals surface area contributed by atoms with Crippen LogP contribution in [-0.2, 0) is 12.0 Å². The molecule has 0 saturated carbocycles. The van der Waals surface area contributed by atoms with Gasteiger partial charge >= 0.3 is 0 Å². The average Bonchev–Trinajstić information content (AvgIpc) is 2.72. The number of aromatic nitrogens is 1. The van der Waals surface area contributed by atoms with E-state index >= 15 is 0 Å². The summed E-state index contributed by atoms with van der Waals surface area (Å²) in [4.78, 5) is 5.55. The smallest absolute Gasteiger partial charge is 0.171 e. The van der Waals surface area contributed by atoms with Crippen LogP contribution in [0.2, 0.25) is 0 Å². The first-order valence-electron chi connectivity index (χ1n) is 10.9. The molecule has 5 heteroatoms. The Bertz CT molecular complexity index is 1030. The van der Waals surface area contributed by atoms with Gasteiger partial charge in [-0.3, -0.25) is 4.98 Å². The molecule has 0 spiro atoms. The zero-order valence-corrected chi connectivity index (χ0v) is 20.8. The Morgan fingerprint density at radius 2 is 1.94 bits per heavy atom. The third-order valence-corrected chi connectivity index (χ3v) is 6.63. The minimum Gasteiger partial charge on any atom is -0.358 e. The Balaban J connectivity index is 1.71. The molecule has 164 valence electrons. The van der Waals surface area contributed by atoms with E-state index in [1.165, 1.54) is 22.4 Å². The fourth-order valence-electron chi connectivity index (χ4n) is 3.28. The summed E-state index contributed by atoms with van der Waals surface area (Å²) in [6, 6.07) is 15.0. The first-order valence-corrected chi connectivity index (χ1v) is 12.3. The maximum absolute atomic E-state index is 5.60. The van der Waals surface area contributed by atoms with E-state index in [1.54, 1.807) is 6.20 Å². The molecule has 0 amide bonds. The molecular formula is C26H33N3S2. The van der Waals surface area contributed by atoms with Gasteiger partial charge in [-0.15, -0.1) is 11.8 Å². The third kappa shape index (κ3) is 6.68. The molecule has 31 heavy (non-hydrogen) atoms. The van der Waals surface area contributed by atoms with Gasteiger partial charge in [0, 0.05) is 40.3 Å². The molecule has 0 unspecified atom stereocenters. The number of hydrogen-bond donors (Lipinski definition) is 2. The van der Waals surface area contributed by atoms with Crippen molar-refractivity contribution < 1.29 is 0 Å². The van der Waals surface area contributed by atoms with Gasteiger partial charge in [0.1, 0.15) is 0 Å². The summed E-state index contributed by atoms with van der Waals surface area (Å²) in [5.74, 6) is 1.85. The highest BCUT2D eigenvalue weighted by molar-refractivity contribution is 7.99. The molecule has 0 aliphatic carbocycles. The normalized spacial score (nSPS) is 11.7. The molecule has 3 nitrogen and oxygen atoms in total. The van der Waals surface area contributed by atoms with Gasteiger partial charge in [0.15, 0.2) is 5.11 Å². The van der Waals surface area contributed by atoms with Crippen LogP contribution in [0.3, 0.4) is 0 Å². The second kappa shape index (κ2) is 10.5. The van der Waals surface area contributed by atoms with E-state index < -0.39 is 0 Å². The lowest BCUT2D eigenvalue weighted by Crippen LogP contribution is -2.28. The minimum absolute atomic E-state index is 0.138. The predicted molar refractivity (Wildman–Crippen MR) is 140 cm³/mol. The molecular weight excluding hydrogens is 418 g/mol. The standard InChI is InChI=1S/C26H33N3S2/c1-18(2)12-14-31-24-15-21(26(3,4)5)10-9-20(24)17-28-25(30)29-23-8-6-7-19-16-27-13-11-22(19)23/h6-11,13,15-16,18H,12,14,17H2,1-5H3,(H2,28,29,30). The van der Waals surface area contributed by atoms with Gasteiger partial charge in [-0.1, -0.05) is 58.9 Å². The van der Waals surface area contributed by atoms with Crippen LogP contribution in [0, 0.1) is 5.92 Å². The van der Waals surface area contributed by atoms with Gasteiger partial charge in [0.2, 0.25) is 0 Å². The lowest BCUT2D eigenvalue weighted by atomic mass is 9.86. The van der Waals surface area contributed by atoms with Gasteiger partial charge in [0.25, 0.3) is 0 Å². The van der Waals surface area contributed by atoms with Gasteiger partial charge in [-0.2, -0.15) is 0 Å². The molecule has 1 aromatic heterocycles. The molecule has 0 saturated heterocycles. The fraction of sp³-hybridized carbons (Fsp3) is 0.385. The highest BCUT2D eigenvalue weighted by Crippen LogP contribution is 2.31. The third-order valence-electron chi connectivity index (χ3n) is 5.25. The van der Waals surface area contributed by atoms with Crippen molar-refractivity contribution in [2.75, 3.05) is 11.1 Å². The van der Waals surface area contributed by atoms with E-state index in [2.05, 4.69) is 74.5 Å². The zero-order valence-electron chi connectivity index (χ0n) is 19.2. The molecule has 2 N–H and O–H groups in total. The average molecular weight is 452 g/mol. The van der Waals surface area contributed by atoms with Crippen LogP contribution in [-0.4, -0.2) is 15.8 Å². The monoisotopic (exact) mass is 451 g/mol. The lowest BCUT2D eigenvalue weighted by Gasteiger charge is -2.22. The summed E-state index contributed by atoms with van der Waals surface area (Å²) in [6.45, 7) is 12.1. The second-order valence-corrected chi connectivity index (χ2v) is 10.9. The van der Waals surface area contributed by atoms with Crippen molar-refractivity contribution in [3.63, 3.8) is 0 Å². The number of thioether (sulfide) groups is 1. The summed E-state index contributed by atoms with van der Waals surface area (Å²) in [5.41, 5.74) is 3.78. The number of anilines is 1. The molecule has 3 aromatic rings. The van der Waals surface area contributed by atoms with E-state index in [4.69, 9.17) is 12.2 Å². The van der Waals surface area contributed by atoms with Crippen LogP contribution in [0.1, 0.15) is 52.2 Å². The van der Waals surface area contributed by atoms with Gasteiger partial charge in [-0.05, 0) is 65.1 Å². The number of rotatable bonds is 7. The highest BCUT2D eigenvalue weighted by atomic mass is 32.2. The zero-order chi connectivity index (χ0) is 22.4. The summed E-state index contributed by atoms with van der Waals surface area (Å²) >= 11 is 7.56. The predicted octanol–water partition coefficient (Wildman–Crippen LogP) is 7.16. The van der Waals surface area contributed by atoms with Crippen molar-refractivity contribution >= 4 is 45.6 Å². The minimum atomic E-state index is 0.138. The van der Waals surface area contributed by atoms with Crippen molar-refractivity contribution in [1.29, 1.82) is 0 Å². The number of thiocarbonyl (C=S) groups is 1. The number of nitrogens with one attached hydrogen (secondary N) is 2. The van der Waals surface area contributed by atoms with Crippen LogP contribution in [0.25, 0.3) is 10.8 Å². The van der Waals surface area contributed by atoms with Gasteiger partial charge in [-0.25, -0.2) is 0 Å². The van der Waals surface area contributed by atoms with Crippen molar-refractivity contribution in [2.24, 2.45) is 5.92 Å². The SMILES string of the molecule is CC(C)CCSc1cc(C(C)(C)C)ccc1CNC(=S)Nc1cccc2cnccc12. The maximum Gasteiger partial charge on any atom is 0.171 e. The Labute approximate surface area is 196 Å². The Morgan fingerprint density at radius 3 is 2.68 bits per heavy atom. The van der Waals surface area contributed by atoms with Crippen LogP contribution >= 0.6 is 24.0 Å². The quantitative estimate of drug-likeness (QED) is 0.294. The molecule has 0 fully saturated rings. The van der Waals surface area contributed by atoms with Gasteiger partial charge in [0.05, 0.1) is 0 Å². The number of pyridine rings is 1. The van der Waals surface area contributed by atoms with Crippen molar-refractivity contribution in [2.45, 2.75) is 57.9 Å². The molecule has 0 bridgehead atoms. The van der Waals surface area contributed by atoms with E-state index in [1.807, 2.05) is 36.2 Å². The topological polar surface area (TPSA) is 37.0 Å². The van der Waals surface area contributed by atoms with E-state index in [0.29, 0.717) is 17.6 Å². The van der Waals surface area contributed by atoms with E-state index in [9.17, 15) is 0 Å². The van der Waals surface area contributed by atoms with Crippen molar-refractivity contribution in [1.82, 2.24) is 10.3 Å². The van der Waals surface area contributed by atoms with Crippen LogP contribution in [0.4, 0.5) is 5.69 Å². The van der Waals surface area contributed by atoms with Crippen LogP contribution in [0.5, 0.6) is 0 Å². The number of benzene rings is 2. The first-order chi connectivity index (χ1) is 14.7. The number of hydrogen-bond acceptors (Lipinski definition) is 3. The Kier molecular flexibility index (Phi) is 7.95. The summed E-state index contributed by atoms with van der Waals surface area (Å²) in [5, 5.41) is 9.59. The summed E-state index contributed by atoms with van der Waals surface area (Å²) in [7, 11) is 0. The van der Waals surface area contributed by atoms with Crippen LogP contribution < -0.4 is 10.6 Å². The maximum atomic E-state index is 5.60. The van der Waals surface area contributed by atoms with E-state index in [-0.39, 0.29) is 5.41 Å². The molecule has 3 rings (SSSR count). The van der Waals surface area contributed by atoms with E-state index in [0.717, 1.165) is 22.2 Å². The molecule has 0 radical (unpaired) electrons. The van der Waals surface area contributed by atoms with Crippen molar-refractivity contribution in [3.05, 3.63) is 66.0 Å². The first kappa shape index (κ1) is 23.6. The number of fused-ring (bicyclic) bond motifs is 1. The molecule has 2 aromatic carbocycles. The van der Waals surface area contributed by atoms with Gasteiger partial charge < -0.3 is 10.6 Å². The molecule has 1 heterocycles. The second-order valence-electron chi connectivity index (χ2n) is 9.31. The summed E-state index contributed by atoms with van der Waals surface area (Å²) in [6.07, 6.45) is 4.89. The highest BCUT2D eigenvalue weighted by Gasteiger charge is 2.16. The van der Waals surface area contributed by atoms with Crippen molar-refractivity contribution in [3.8, 4) is 0 Å². The molecule has 0 atom stereocenters. The largest absolute Gasteiger partial charge is 0.358 e.